The fraction of sp³-hybridized carbons (Fsp3) is 0.562. The van der Waals surface area contributed by atoms with Gasteiger partial charge in [0.25, 0.3) is 0 Å². The van der Waals surface area contributed by atoms with Gasteiger partial charge in [-0.3, -0.25) is 4.79 Å². The average molecular weight is 293 g/mol. The molecule has 1 aliphatic rings. The molecular weight excluding hydrogens is 270 g/mol. The summed E-state index contributed by atoms with van der Waals surface area (Å²) in [5.41, 5.74) is 0.728. The molecule has 0 heterocycles. The summed E-state index contributed by atoms with van der Waals surface area (Å²) in [5.74, 6) is 0.629. The van der Waals surface area contributed by atoms with E-state index < -0.39 is 0 Å². The van der Waals surface area contributed by atoms with Gasteiger partial charge in [0.15, 0.2) is 0 Å². The number of benzene rings is 1. The second-order valence-corrected chi connectivity index (χ2v) is 5.15. The summed E-state index contributed by atoms with van der Waals surface area (Å²) in [6.07, 6.45) is 5.02. The van der Waals surface area contributed by atoms with Crippen molar-refractivity contribution in [2.24, 2.45) is 0 Å². The smallest absolute Gasteiger partial charge is 0.250 e. The van der Waals surface area contributed by atoms with Crippen LogP contribution in [0.1, 0.15) is 25.7 Å². The van der Waals surface area contributed by atoms with Crippen LogP contribution >= 0.6 is 0 Å². The molecule has 0 unspecified atom stereocenters. The van der Waals surface area contributed by atoms with E-state index in [-0.39, 0.29) is 12.5 Å². The maximum atomic E-state index is 11.7. The van der Waals surface area contributed by atoms with Crippen molar-refractivity contribution in [3.05, 3.63) is 24.3 Å². The van der Waals surface area contributed by atoms with E-state index in [1.54, 1.807) is 7.11 Å². The van der Waals surface area contributed by atoms with E-state index in [4.69, 9.17) is 14.2 Å². The van der Waals surface area contributed by atoms with E-state index in [0.29, 0.717) is 19.3 Å². The number of methoxy groups -OCH3 is 1. The number of nitrogens with one attached hydrogen (secondary N) is 1. The minimum atomic E-state index is -0.177. The van der Waals surface area contributed by atoms with Crippen molar-refractivity contribution in [2.75, 3.05) is 32.2 Å². The molecule has 21 heavy (non-hydrogen) atoms. The molecule has 1 aromatic carbocycles. The Hall–Kier alpha value is -1.59. The Kier molecular flexibility index (Phi) is 6.50. The SMILES string of the molecule is COCCOCC(=O)Nc1cccc(OC2CCCC2)c1. The molecule has 0 atom stereocenters. The predicted octanol–water partition coefficient (Wildman–Crippen LogP) is 2.61. The quantitative estimate of drug-likeness (QED) is 0.749. The molecule has 0 aliphatic heterocycles. The lowest BCUT2D eigenvalue weighted by molar-refractivity contribution is -0.121. The number of amides is 1. The molecule has 1 amide bonds. The van der Waals surface area contributed by atoms with Crippen LogP contribution in [0.4, 0.5) is 5.69 Å². The molecule has 0 radical (unpaired) electrons. The summed E-state index contributed by atoms with van der Waals surface area (Å²) in [7, 11) is 1.60. The molecule has 0 bridgehead atoms. The number of ether oxygens (including phenoxy) is 3. The predicted molar refractivity (Wildman–Crippen MR) is 80.7 cm³/mol. The van der Waals surface area contributed by atoms with Gasteiger partial charge in [0.1, 0.15) is 12.4 Å². The Morgan fingerprint density at radius 2 is 2.10 bits per heavy atom. The first-order valence-electron chi connectivity index (χ1n) is 7.41. The molecule has 1 N–H and O–H groups in total. The molecular formula is C16H23NO4. The minimum Gasteiger partial charge on any atom is -0.490 e. The summed E-state index contributed by atoms with van der Waals surface area (Å²) < 4.78 is 15.9. The highest BCUT2D eigenvalue weighted by atomic mass is 16.5. The fourth-order valence-electron chi connectivity index (χ4n) is 2.35. The Bertz CT molecular complexity index is 444. The van der Waals surface area contributed by atoms with Gasteiger partial charge in [-0.2, -0.15) is 0 Å². The van der Waals surface area contributed by atoms with Gasteiger partial charge in [-0.25, -0.2) is 0 Å². The van der Waals surface area contributed by atoms with Gasteiger partial charge >= 0.3 is 0 Å². The van der Waals surface area contributed by atoms with Gasteiger partial charge in [-0.1, -0.05) is 6.07 Å². The summed E-state index contributed by atoms with van der Waals surface area (Å²) in [4.78, 5) is 11.7. The second-order valence-electron chi connectivity index (χ2n) is 5.15. The van der Waals surface area contributed by atoms with Crippen molar-refractivity contribution in [1.29, 1.82) is 0 Å². The van der Waals surface area contributed by atoms with Crippen molar-refractivity contribution in [3.8, 4) is 5.75 Å². The number of rotatable bonds is 8. The Morgan fingerprint density at radius 1 is 1.29 bits per heavy atom. The van der Waals surface area contributed by atoms with Crippen molar-refractivity contribution < 1.29 is 19.0 Å². The lowest BCUT2D eigenvalue weighted by Crippen LogP contribution is -2.19. The second kappa shape index (κ2) is 8.64. The van der Waals surface area contributed by atoms with Gasteiger partial charge in [0.05, 0.1) is 19.3 Å². The zero-order valence-corrected chi connectivity index (χ0v) is 12.5. The highest BCUT2D eigenvalue weighted by molar-refractivity contribution is 5.91. The lowest BCUT2D eigenvalue weighted by atomic mass is 10.2. The minimum absolute atomic E-state index is 0.0249. The van der Waals surface area contributed by atoms with Crippen LogP contribution in [0.3, 0.4) is 0 Å². The van der Waals surface area contributed by atoms with Crippen LogP contribution in [-0.4, -0.2) is 38.9 Å². The van der Waals surface area contributed by atoms with E-state index >= 15 is 0 Å². The summed E-state index contributed by atoms with van der Waals surface area (Å²) >= 11 is 0. The van der Waals surface area contributed by atoms with Crippen LogP contribution in [0.5, 0.6) is 5.75 Å². The van der Waals surface area contributed by atoms with Crippen molar-refractivity contribution in [2.45, 2.75) is 31.8 Å². The summed E-state index contributed by atoms with van der Waals surface area (Å²) in [6.45, 7) is 0.920. The number of carbonyl (C=O) groups excluding carboxylic acids is 1. The third-order valence-corrected chi connectivity index (χ3v) is 3.39. The number of hydrogen-bond acceptors (Lipinski definition) is 4. The van der Waals surface area contributed by atoms with Gasteiger partial charge in [-0.05, 0) is 37.8 Å². The normalized spacial score (nSPS) is 15.1. The first kappa shape index (κ1) is 15.8. The van der Waals surface area contributed by atoms with Crippen LogP contribution in [-0.2, 0) is 14.3 Å². The van der Waals surface area contributed by atoms with Gasteiger partial charge in [-0.15, -0.1) is 0 Å². The van der Waals surface area contributed by atoms with Crippen molar-refractivity contribution >= 4 is 11.6 Å². The summed E-state index contributed by atoms with van der Waals surface area (Å²) in [6, 6.07) is 7.49. The van der Waals surface area contributed by atoms with Crippen LogP contribution in [0.15, 0.2) is 24.3 Å². The Balaban J connectivity index is 1.78. The maximum Gasteiger partial charge on any atom is 0.250 e. The van der Waals surface area contributed by atoms with Gasteiger partial charge in [0, 0.05) is 18.9 Å². The number of hydrogen-bond donors (Lipinski definition) is 1. The molecule has 2 rings (SSSR count). The zero-order chi connectivity index (χ0) is 14.9. The van der Waals surface area contributed by atoms with Crippen LogP contribution < -0.4 is 10.1 Å². The summed E-state index contributed by atoms with van der Waals surface area (Å²) in [5, 5.41) is 2.80. The molecule has 0 saturated heterocycles. The molecule has 1 fully saturated rings. The number of anilines is 1. The third kappa shape index (κ3) is 5.73. The standard InChI is InChI=1S/C16H23NO4/c1-19-9-10-20-12-16(18)17-13-5-4-8-15(11-13)21-14-6-2-3-7-14/h4-5,8,11,14H,2-3,6-7,9-10,12H2,1H3,(H,17,18). The molecule has 0 aromatic heterocycles. The lowest BCUT2D eigenvalue weighted by Gasteiger charge is -2.14. The largest absolute Gasteiger partial charge is 0.490 e. The number of carbonyl (C=O) groups is 1. The van der Waals surface area contributed by atoms with Crippen molar-refractivity contribution in [1.82, 2.24) is 0 Å². The maximum absolute atomic E-state index is 11.7. The molecule has 0 spiro atoms. The van der Waals surface area contributed by atoms with E-state index in [1.807, 2.05) is 24.3 Å². The fourth-order valence-corrected chi connectivity index (χ4v) is 2.35. The Labute approximate surface area is 125 Å². The molecule has 1 aromatic rings. The van der Waals surface area contributed by atoms with E-state index in [2.05, 4.69) is 5.32 Å². The first-order chi connectivity index (χ1) is 10.3. The highest BCUT2D eigenvalue weighted by Crippen LogP contribution is 2.25. The monoisotopic (exact) mass is 293 g/mol. The molecule has 116 valence electrons. The molecule has 5 nitrogen and oxygen atoms in total. The van der Waals surface area contributed by atoms with Gasteiger partial charge < -0.3 is 19.5 Å². The third-order valence-electron chi connectivity index (χ3n) is 3.39. The molecule has 5 heteroatoms. The highest BCUT2D eigenvalue weighted by Gasteiger charge is 2.16. The van der Waals surface area contributed by atoms with E-state index in [0.717, 1.165) is 24.3 Å². The van der Waals surface area contributed by atoms with Crippen LogP contribution in [0.2, 0.25) is 0 Å². The van der Waals surface area contributed by atoms with E-state index in [1.165, 1.54) is 12.8 Å². The zero-order valence-electron chi connectivity index (χ0n) is 12.5. The van der Waals surface area contributed by atoms with Crippen molar-refractivity contribution in [3.63, 3.8) is 0 Å². The molecule has 1 saturated carbocycles. The van der Waals surface area contributed by atoms with Gasteiger partial charge in [0.2, 0.25) is 5.91 Å². The van der Waals surface area contributed by atoms with Crippen LogP contribution in [0.25, 0.3) is 0 Å². The average Bonchev–Trinajstić information content (AvgIpc) is 2.97. The topological polar surface area (TPSA) is 56.8 Å². The Morgan fingerprint density at radius 3 is 2.86 bits per heavy atom. The first-order valence-corrected chi connectivity index (χ1v) is 7.41. The van der Waals surface area contributed by atoms with E-state index in [9.17, 15) is 4.79 Å². The molecule has 1 aliphatic carbocycles. The van der Waals surface area contributed by atoms with Crippen LogP contribution in [0, 0.1) is 0 Å².